The lowest BCUT2D eigenvalue weighted by atomic mass is 10.0. The highest BCUT2D eigenvalue weighted by Crippen LogP contribution is 2.18. The van der Waals surface area contributed by atoms with Gasteiger partial charge in [-0.3, -0.25) is 9.59 Å². The zero-order chi connectivity index (χ0) is 19.6. The monoisotopic (exact) mass is 385 g/mol. The van der Waals surface area contributed by atoms with Gasteiger partial charge < -0.3 is 9.88 Å². The first-order valence-corrected chi connectivity index (χ1v) is 10.4. The molecule has 3 rings (SSSR count). The molecule has 27 heavy (non-hydrogen) atoms. The van der Waals surface area contributed by atoms with E-state index in [9.17, 15) is 18.0 Å². The van der Waals surface area contributed by atoms with Gasteiger partial charge in [-0.05, 0) is 35.7 Å². The number of nitrogens with one attached hydrogen (secondary N) is 1. The predicted molar refractivity (Wildman–Crippen MR) is 98.8 cm³/mol. The van der Waals surface area contributed by atoms with Crippen LogP contribution in [0.3, 0.4) is 0 Å². The predicted octanol–water partition coefficient (Wildman–Crippen LogP) is 1.17. The second-order valence-corrected chi connectivity index (χ2v) is 8.62. The van der Waals surface area contributed by atoms with Crippen LogP contribution in [0, 0.1) is 11.3 Å². The standard InChI is InChI=1S/C19H19N3O4S/c1-27(25,26)16-5-2-13(3-6-16)4-7-18(23)22-9-8-17-15(12-22)10-14(11-20)19(24)21-17/h2-3,5-6,10H,4,7-9,12H2,1H3,(H,21,24). The largest absolute Gasteiger partial charge is 0.338 e. The van der Waals surface area contributed by atoms with Crippen LogP contribution in [0.2, 0.25) is 0 Å². The number of carbonyl (C=O) groups excluding carboxylic acids is 1. The van der Waals surface area contributed by atoms with Crippen molar-refractivity contribution in [3.8, 4) is 6.07 Å². The average molecular weight is 385 g/mol. The number of nitriles is 1. The third kappa shape index (κ3) is 4.26. The minimum Gasteiger partial charge on any atom is -0.338 e. The molecule has 0 bridgehead atoms. The van der Waals surface area contributed by atoms with Gasteiger partial charge in [0, 0.05) is 37.9 Å². The summed E-state index contributed by atoms with van der Waals surface area (Å²) in [6, 6.07) is 9.95. The molecule has 0 unspecified atom stereocenters. The van der Waals surface area contributed by atoms with Crippen LogP contribution in [0.1, 0.15) is 28.8 Å². The Kier molecular flexibility index (Phi) is 5.15. The smallest absolute Gasteiger partial charge is 0.266 e. The van der Waals surface area contributed by atoms with E-state index in [0.29, 0.717) is 32.4 Å². The highest BCUT2D eigenvalue weighted by Gasteiger charge is 2.22. The third-order valence-corrected chi connectivity index (χ3v) is 5.79. The highest BCUT2D eigenvalue weighted by molar-refractivity contribution is 7.90. The second-order valence-electron chi connectivity index (χ2n) is 6.61. The Labute approximate surface area is 157 Å². The molecule has 1 aliphatic heterocycles. The number of carbonyl (C=O) groups is 1. The van der Waals surface area contributed by atoms with Crippen molar-refractivity contribution in [2.45, 2.75) is 30.7 Å². The van der Waals surface area contributed by atoms with Gasteiger partial charge in [-0.2, -0.15) is 5.26 Å². The number of H-pyrrole nitrogens is 1. The van der Waals surface area contributed by atoms with E-state index in [-0.39, 0.29) is 16.4 Å². The Hall–Kier alpha value is -2.92. The van der Waals surface area contributed by atoms with Crippen molar-refractivity contribution in [1.29, 1.82) is 5.26 Å². The molecule has 0 atom stereocenters. The Morgan fingerprint density at radius 2 is 2.00 bits per heavy atom. The SMILES string of the molecule is CS(=O)(=O)c1ccc(CCC(=O)N2CCc3[nH]c(=O)c(C#N)cc3C2)cc1. The van der Waals surface area contributed by atoms with E-state index in [1.807, 2.05) is 6.07 Å². The molecule has 2 heterocycles. The number of amides is 1. The lowest BCUT2D eigenvalue weighted by Crippen LogP contribution is -2.37. The summed E-state index contributed by atoms with van der Waals surface area (Å²) in [4.78, 5) is 28.9. The maximum atomic E-state index is 12.5. The summed E-state index contributed by atoms with van der Waals surface area (Å²) in [6.07, 6.45) is 2.53. The molecule has 1 aliphatic rings. The number of rotatable bonds is 4. The van der Waals surface area contributed by atoms with Gasteiger partial charge in [0.25, 0.3) is 5.56 Å². The number of aromatic amines is 1. The van der Waals surface area contributed by atoms with Gasteiger partial charge in [0.05, 0.1) is 4.90 Å². The minimum atomic E-state index is -3.23. The molecular formula is C19H19N3O4S. The summed E-state index contributed by atoms with van der Waals surface area (Å²) in [7, 11) is -3.23. The molecule has 0 saturated heterocycles. The molecule has 0 radical (unpaired) electrons. The van der Waals surface area contributed by atoms with Crippen molar-refractivity contribution in [2.24, 2.45) is 0 Å². The average Bonchev–Trinajstić information content (AvgIpc) is 2.64. The maximum Gasteiger partial charge on any atom is 0.266 e. The Balaban J connectivity index is 1.64. The van der Waals surface area contributed by atoms with E-state index in [1.165, 1.54) is 0 Å². The number of aryl methyl sites for hydroxylation is 1. The lowest BCUT2D eigenvalue weighted by Gasteiger charge is -2.28. The van der Waals surface area contributed by atoms with Crippen molar-refractivity contribution in [3.63, 3.8) is 0 Å². The first-order valence-electron chi connectivity index (χ1n) is 8.50. The van der Waals surface area contributed by atoms with Gasteiger partial charge in [0.1, 0.15) is 11.6 Å². The molecular weight excluding hydrogens is 366 g/mol. The highest BCUT2D eigenvalue weighted by atomic mass is 32.2. The summed E-state index contributed by atoms with van der Waals surface area (Å²) < 4.78 is 23.0. The van der Waals surface area contributed by atoms with Crippen molar-refractivity contribution < 1.29 is 13.2 Å². The van der Waals surface area contributed by atoms with Crippen LogP contribution >= 0.6 is 0 Å². The van der Waals surface area contributed by atoms with E-state index >= 15 is 0 Å². The minimum absolute atomic E-state index is 0.0162. The molecule has 2 aromatic rings. The number of fused-ring (bicyclic) bond motifs is 1. The van der Waals surface area contributed by atoms with Gasteiger partial charge >= 0.3 is 0 Å². The number of sulfone groups is 1. The van der Waals surface area contributed by atoms with Crippen molar-refractivity contribution in [2.75, 3.05) is 12.8 Å². The van der Waals surface area contributed by atoms with Gasteiger partial charge in [-0.1, -0.05) is 12.1 Å². The molecule has 0 aliphatic carbocycles. The van der Waals surface area contributed by atoms with Gasteiger partial charge in [0.15, 0.2) is 9.84 Å². The molecule has 7 nitrogen and oxygen atoms in total. The molecule has 0 saturated carbocycles. The first kappa shape index (κ1) is 18.9. The van der Waals surface area contributed by atoms with Crippen molar-refractivity contribution in [3.05, 3.63) is 63.1 Å². The van der Waals surface area contributed by atoms with Gasteiger partial charge in [0.2, 0.25) is 5.91 Å². The zero-order valence-electron chi connectivity index (χ0n) is 14.9. The molecule has 1 aromatic carbocycles. The quantitative estimate of drug-likeness (QED) is 0.849. The number of aromatic nitrogens is 1. The number of hydrogen-bond acceptors (Lipinski definition) is 5. The fourth-order valence-electron chi connectivity index (χ4n) is 3.12. The van der Waals surface area contributed by atoms with Crippen LogP contribution in [0.25, 0.3) is 0 Å². The lowest BCUT2D eigenvalue weighted by molar-refractivity contribution is -0.132. The summed E-state index contributed by atoms with van der Waals surface area (Å²) in [5, 5.41) is 8.99. The van der Waals surface area contributed by atoms with E-state index in [4.69, 9.17) is 5.26 Å². The van der Waals surface area contributed by atoms with Crippen LogP contribution in [-0.2, 0) is 34.0 Å². The maximum absolute atomic E-state index is 12.5. The molecule has 1 aromatic heterocycles. The summed E-state index contributed by atoms with van der Waals surface area (Å²) in [6.45, 7) is 0.882. The Morgan fingerprint density at radius 3 is 2.63 bits per heavy atom. The fourth-order valence-corrected chi connectivity index (χ4v) is 3.75. The van der Waals surface area contributed by atoms with Gasteiger partial charge in [-0.25, -0.2) is 8.42 Å². The molecule has 0 fully saturated rings. The summed E-state index contributed by atoms with van der Waals surface area (Å²) in [5.41, 5.74) is 2.12. The number of nitrogens with zero attached hydrogens (tertiary/aromatic N) is 2. The summed E-state index contributed by atoms with van der Waals surface area (Å²) in [5.74, 6) is -0.0162. The second kappa shape index (κ2) is 7.37. The topological polar surface area (TPSA) is 111 Å². The molecule has 8 heteroatoms. The Morgan fingerprint density at radius 1 is 1.30 bits per heavy atom. The number of benzene rings is 1. The van der Waals surface area contributed by atoms with E-state index in [0.717, 1.165) is 23.1 Å². The number of hydrogen-bond donors (Lipinski definition) is 1. The van der Waals surface area contributed by atoms with Crippen molar-refractivity contribution in [1.82, 2.24) is 9.88 Å². The Bertz CT molecular complexity index is 1080. The third-order valence-electron chi connectivity index (χ3n) is 4.66. The molecule has 0 spiro atoms. The van der Waals surface area contributed by atoms with Crippen molar-refractivity contribution >= 4 is 15.7 Å². The van der Waals surface area contributed by atoms with E-state index in [1.54, 1.807) is 35.2 Å². The zero-order valence-corrected chi connectivity index (χ0v) is 15.7. The molecule has 1 amide bonds. The van der Waals surface area contributed by atoms with Crippen LogP contribution in [0.15, 0.2) is 40.0 Å². The van der Waals surface area contributed by atoms with Crippen LogP contribution < -0.4 is 5.56 Å². The van der Waals surface area contributed by atoms with Crippen LogP contribution in [0.5, 0.6) is 0 Å². The summed E-state index contributed by atoms with van der Waals surface area (Å²) >= 11 is 0. The molecule has 140 valence electrons. The normalized spacial score (nSPS) is 13.7. The van der Waals surface area contributed by atoms with E-state index in [2.05, 4.69) is 4.98 Å². The molecule has 1 N–H and O–H groups in total. The first-order chi connectivity index (χ1) is 12.8. The van der Waals surface area contributed by atoms with Crippen LogP contribution in [-0.4, -0.2) is 37.0 Å². The fraction of sp³-hybridized carbons (Fsp3) is 0.316. The van der Waals surface area contributed by atoms with Crippen LogP contribution in [0.4, 0.5) is 0 Å². The van der Waals surface area contributed by atoms with Gasteiger partial charge in [-0.15, -0.1) is 0 Å². The number of pyridine rings is 1. The van der Waals surface area contributed by atoms with E-state index < -0.39 is 15.4 Å².